The topological polar surface area (TPSA) is 123 Å². The van der Waals surface area contributed by atoms with Crippen LogP contribution in [0.2, 0.25) is 0 Å². The van der Waals surface area contributed by atoms with Crippen LogP contribution in [0.5, 0.6) is 0 Å². The predicted molar refractivity (Wildman–Crippen MR) is 85.4 cm³/mol. The molecule has 0 aliphatic carbocycles. The number of hydrogen-bond donors (Lipinski definition) is 3. The molecule has 0 spiro atoms. The number of amides is 2. The highest BCUT2D eigenvalue weighted by Gasteiger charge is 2.24. The highest BCUT2D eigenvalue weighted by atomic mass is 16.5. The molecular formula is C15H27N5O3. The van der Waals surface area contributed by atoms with E-state index in [-0.39, 0.29) is 29.7 Å². The zero-order valence-corrected chi connectivity index (χ0v) is 14.6. The van der Waals surface area contributed by atoms with Crippen LogP contribution in [-0.4, -0.2) is 34.5 Å². The van der Waals surface area contributed by atoms with E-state index in [0.29, 0.717) is 11.7 Å². The lowest BCUT2D eigenvalue weighted by Crippen LogP contribution is -2.47. The smallest absolute Gasteiger partial charge is 0.248 e. The van der Waals surface area contributed by atoms with Gasteiger partial charge in [0.1, 0.15) is 6.04 Å². The van der Waals surface area contributed by atoms with Crippen molar-refractivity contribution in [1.29, 1.82) is 0 Å². The van der Waals surface area contributed by atoms with Crippen LogP contribution in [0.4, 0.5) is 0 Å². The molecule has 0 fully saturated rings. The molecule has 0 radical (unpaired) electrons. The van der Waals surface area contributed by atoms with Crippen LogP contribution in [0.15, 0.2) is 4.52 Å². The van der Waals surface area contributed by atoms with Crippen molar-refractivity contribution < 1.29 is 14.1 Å². The molecule has 0 aliphatic heterocycles. The molecule has 1 unspecified atom stereocenters. The summed E-state index contributed by atoms with van der Waals surface area (Å²) in [5.41, 5.74) is 5.48. The van der Waals surface area contributed by atoms with E-state index in [0.717, 1.165) is 0 Å². The fourth-order valence-corrected chi connectivity index (χ4v) is 1.66. The zero-order valence-electron chi connectivity index (χ0n) is 14.6. The fraction of sp³-hybridized carbons (Fsp3) is 0.733. The van der Waals surface area contributed by atoms with Gasteiger partial charge in [-0.3, -0.25) is 9.59 Å². The van der Waals surface area contributed by atoms with Gasteiger partial charge in [-0.1, -0.05) is 39.8 Å². The lowest BCUT2D eigenvalue weighted by atomic mass is 9.96. The average molecular weight is 325 g/mol. The first-order valence-corrected chi connectivity index (χ1v) is 7.69. The Hall–Kier alpha value is -1.96. The van der Waals surface area contributed by atoms with Gasteiger partial charge in [0, 0.05) is 5.41 Å². The number of nitrogens with two attached hydrogens (primary N) is 1. The third-order valence-electron chi connectivity index (χ3n) is 3.30. The fourth-order valence-electron chi connectivity index (χ4n) is 1.66. The second-order valence-corrected chi connectivity index (χ2v) is 6.98. The van der Waals surface area contributed by atoms with Crippen molar-refractivity contribution in [2.75, 3.05) is 6.54 Å². The first-order valence-electron chi connectivity index (χ1n) is 7.69. The molecule has 0 saturated carbocycles. The molecule has 2 amide bonds. The summed E-state index contributed by atoms with van der Waals surface area (Å²) in [5, 5.41) is 9.11. The molecule has 23 heavy (non-hydrogen) atoms. The van der Waals surface area contributed by atoms with Gasteiger partial charge < -0.3 is 20.9 Å². The minimum atomic E-state index is -0.634. The summed E-state index contributed by atoms with van der Waals surface area (Å²) in [6.45, 7) is 11.2. The van der Waals surface area contributed by atoms with Crippen LogP contribution in [0.3, 0.4) is 0 Å². The molecule has 0 saturated heterocycles. The van der Waals surface area contributed by atoms with Crippen molar-refractivity contribution in [1.82, 2.24) is 20.8 Å². The summed E-state index contributed by atoms with van der Waals surface area (Å²) in [6, 6.07) is -1.08. The van der Waals surface area contributed by atoms with E-state index in [1.54, 1.807) is 6.92 Å². The van der Waals surface area contributed by atoms with Gasteiger partial charge in [0.2, 0.25) is 17.7 Å². The Morgan fingerprint density at radius 1 is 1.26 bits per heavy atom. The summed E-state index contributed by atoms with van der Waals surface area (Å²) in [7, 11) is 0. The van der Waals surface area contributed by atoms with Gasteiger partial charge in [0.15, 0.2) is 5.82 Å². The van der Waals surface area contributed by atoms with Crippen molar-refractivity contribution in [3.05, 3.63) is 11.7 Å². The van der Waals surface area contributed by atoms with Crippen LogP contribution in [-0.2, 0) is 15.0 Å². The Morgan fingerprint density at radius 3 is 2.35 bits per heavy atom. The van der Waals surface area contributed by atoms with Crippen molar-refractivity contribution in [2.24, 2.45) is 11.7 Å². The first kappa shape index (κ1) is 19.1. The van der Waals surface area contributed by atoms with E-state index in [1.807, 2.05) is 34.6 Å². The van der Waals surface area contributed by atoms with E-state index in [4.69, 9.17) is 10.3 Å². The van der Waals surface area contributed by atoms with Crippen LogP contribution in [0, 0.1) is 5.92 Å². The highest BCUT2D eigenvalue weighted by Crippen LogP contribution is 2.20. The zero-order chi connectivity index (χ0) is 17.8. The molecule has 1 aromatic rings. The van der Waals surface area contributed by atoms with Gasteiger partial charge in [-0.2, -0.15) is 4.98 Å². The third-order valence-corrected chi connectivity index (χ3v) is 3.30. The van der Waals surface area contributed by atoms with Crippen LogP contribution >= 0.6 is 0 Å². The number of carbonyl (C=O) groups excluding carboxylic acids is 2. The summed E-state index contributed by atoms with van der Waals surface area (Å²) in [6.07, 6.45) is 0. The molecule has 0 aromatic carbocycles. The standard InChI is InChI=1S/C15H27N5O3/c1-8(2)11(16)12(22)17-7-10(21)18-9(3)13-19-14(20-23-13)15(4,5)6/h8-9,11H,7,16H2,1-6H3,(H,17,22)(H,18,21)/t9?,11-/m0/s1. The van der Waals surface area contributed by atoms with E-state index < -0.39 is 12.1 Å². The van der Waals surface area contributed by atoms with E-state index in [2.05, 4.69) is 20.8 Å². The Bertz CT molecular complexity index is 548. The number of carbonyl (C=O) groups is 2. The van der Waals surface area contributed by atoms with Gasteiger partial charge >= 0.3 is 0 Å². The third kappa shape index (κ3) is 5.63. The molecule has 0 aliphatic rings. The van der Waals surface area contributed by atoms with Crippen molar-refractivity contribution in [3.63, 3.8) is 0 Å². The minimum Gasteiger partial charge on any atom is -0.346 e. The van der Waals surface area contributed by atoms with Gasteiger partial charge in [-0.05, 0) is 12.8 Å². The SMILES string of the molecule is CC(NC(=O)CNC(=O)[C@@H](N)C(C)C)c1nc(C(C)(C)C)no1. The van der Waals surface area contributed by atoms with Gasteiger partial charge in [0.05, 0.1) is 12.6 Å². The Kier molecular flexibility index (Phi) is 6.26. The molecule has 0 bridgehead atoms. The molecule has 8 heteroatoms. The second kappa shape index (κ2) is 7.54. The van der Waals surface area contributed by atoms with Crippen molar-refractivity contribution in [2.45, 2.75) is 59.0 Å². The second-order valence-electron chi connectivity index (χ2n) is 6.98. The molecule has 8 nitrogen and oxygen atoms in total. The largest absolute Gasteiger partial charge is 0.346 e. The van der Waals surface area contributed by atoms with E-state index in [9.17, 15) is 9.59 Å². The lowest BCUT2D eigenvalue weighted by Gasteiger charge is -2.16. The lowest BCUT2D eigenvalue weighted by molar-refractivity contribution is -0.127. The summed E-state index contributed by atoms with van der Waals surface area (Å²) in [5.74, 6) is 0.206. The molecule has 4 N–H and O–H groups in total. The highest BCUT2D eigenvalue weighted by molar-refractivity contribution is 5.87. The van der Waals surface area contributed by atoms with Gasteiger partial charge in [-0.15, -0.1) is 0 Å². The van der Waals surface area contributed by atoms with Gasteiger partial charge in [0.25, 0.3) is 0 Å². The Labute approximate surface area is 136 Å². The van der Waals surface area contributed by atoms with E-state index >= 15 is 0 Å². The van der Waals surface area contributed by atoms with Crippen molar-refractivity contribution >= 4 is 11.8 Å². The molecule has 130 valence electrons. The summed E-state index contributed by atoms with van der Waals surface area (Å²) in [4.78, 5) is 27.9. The summed E-state index contributed by atoms with van der Waals surface area (Å²) >= 11 is 0. The monoisotopic (exact) mass is 325 g/mol. The van der Waals surface area contributed by atoms with Crippen molar-refractivity contribution in [3.8, 4) is 0 Å². The molecule has 2 atom stereocenters. The molecular weight excluding hydrogens is 298 g/mol. The normalized spacial score (nSPS) is 14.4. The average Bonchev–Trinajstić information content (AvgIpc) is 2.93. The van der Waals surface area contributed by atoms with Crippen LogP contribution in [0.25, 0.3) is 0 Å². The number of aromatic nitrogens is 2. The summed E-state index contributed by atoms with van der Waals surface area (Å²) < 4.78 is 5.17. The number of nitrogens with one attached hydrogen (secondary N) is 2. The van der Waals surface area contributed by atoms with Crippen LogP contribution < -0.4 is 16.4 Å². The molecule has 1 rings (SSSR count). The first-order chi connectivity index (χ1) is 10.5. The number of rotatable bonds is 6. The maximum atomic E-state index is 11.9. The predicted octanol–water partition coefficient (Wildman–Crippen LogP) is 0.644. The molecule has 1 aromatic heterocycles. The number of nitrogens with zero attached hydrogens (tertiary/aromatic N) is 2. The number of hydrogen-bond acceptors (Lipinski definition) is 6. The quantitative estimate of drug-likeness (QED) is 0.705. The van der Waals surface area contributed by atoms with Gasteiger partial charge in [-0.25, -0.2) is 0 Å². The Morgan fingerprint density at radius 2 is 1.87 bits per heavy atom. The maximum absolute atomic E-state index is 11.9. The van der Waals surface area contributed by atoms with E-state index in [1.165, 1.54) is 0 Å². The maximum Gasteiger partial charge on any atom is 0.248 e. The molecule has 1 heterocycles. The Balaban J connectivity index is 2.51. The minimum absolute atomic E-state index is 0.00574. The van der Waals surface area contributed by atoms with Crippen LogP contribution in [0.1, 0.15) is 59.3 Å².